The molecule has 1 amide bonds. The van der Waals surface area contributed by atoms with Gasteiger partial charge < -0.3 is 10.2 Å². The number of hydrogen-bond acceptors (Lipinski definition) is 4. The van der Waals surface area contributed by atoms with E-state index in [1.807, 2.05) is 24.3 Å². The molecule has 2 aromatic carbocycles. The average Bonchev–Trinajstić information content (AvgIpc) is 2.62. The first-order chi connectivity index (χ1) is 12.5. The lowest BCUT2D eigenvalue weighted by Crippen LogP contribution is -2.48. The van der Waals surface area contributed by atoms with Gasteiger partial charge in [0.15, 0.2) is 5.78 Å². The summed E-state index contributed by atoms with van der Waals surface area (Å²) in [5, 5.41) is 2.72. The molecule has 1 aliphatic rings. The van der Waals surface area contributed by atoms with Crippen LogP contribution in [0.2, 0.25) is 0 Å². The van der Waals surface area contributed by atoms with Gasteiger partial charge in [-0.2, -0.15) is 0 Å². The number of rotatable bonds is 5. The number of nitrogens with one attached hydrogen (secondary N) is 1. The second kappa shape index (κ2) is 8.10. The topological polar surface area (TPSA) is 52.7 Å². The lowest BCUT2D eigenvalue weighted by Gasteiger charge is -2.35. The van der Waals surface area contributed by atoms with Gasteiger partial charge in [0.2, 0.25) is 5.91 Å². The van der Waals surface area contributed by atoms with Crippen molar-refractivity contribution in [1.29, 1.82) is 0 Å². The molecule has 0 atom stereocenters. The molecule has 3 rings (SSSR count). The Hall–Kier alpha value is -2.73. The van der Waals surface area contributed by atoms with E-state index in [2.05, 4.69) is 15.1 Å². The Balaban J connectivity index is 1.49. The van der Waals surface area contributed by atoms with Crippen molar-refractivity contribution in [3.8, 4) is 0 Å². The molecule has 26 heavy (non-hydrogen) atoms. The van der Waals surface area contributed by atoms with Gasteiger partial charge in [-0.3, -0.25) is 14.5 Å². The van der Waals surface area contributed by atoms with Crippen molar-refractivity contribution in [3.05, 3.63) is 59.9 Å². The van der Waals surface area contributed by atoms with E-state index in [0.717, 1.165) is 31.9 Å². The highest BCUT2D eigenvalue weighted by atomic mass is 19.1. The molecule has 0 radical (unpaired) electrons. The molecule has 0 aliphatic carbocycles. The van der Waals surface area contributed by atoms with Crippen molar-refractivity contribution in [2.24, 2.45) is 0 Å². The van der Waals surface area contributed by atoms with Gasteiger partial charge in [0, 0.05) is 43.1 Å². The number of carbonyl (C=O) groups is 2. The fourth-order valence-corrected chi connectivity index (χ4v) is 3.04. The molecule has 1 saturated heterocycles. The Morgan fingerprint density at radius 2 is 1.73 bits per heavy atom. The number of benzene rings is 2. The summed E-state index contributed by atoms with van der Waals surface area (Å²) >= 11 is 0. The van der Waals surface area contributed by atoms with Crippen LogP contribution in [0.25, 0.3) is 0 Å². The summed E-state index contributed by atoms with van der Waals surface area (Å²) < 4.78 is 13.2. The number of amides is 1. The Morgan fingerprint density at radius 3 is 2.35 bits per heavy atom. The highest BCUT2D eigenvalue weighted by Crippen LogP contribution is 2.18. The molecule has 5 nitrogen and oxygen atoms in total. The summed E-state index contributed by atoms with van der Waals surface area (Å²) in [5.41, 5.74) is 2.26. The summed E-state index contributed by atoms with van der Waals surface area (Å²) in [5.74, 6) is -0.451. The lowest BCUT2D eigenvalue weighted by molar-refractivity contribution is -0.117. The van der Waals surface area contributed by atoms with Crippen molar-refractivity contribution in [1.82, 2.24) is 4.90 Å². The van der Waals surface area contributed by atoms with Crippen LogP contribution in [0, 0.1) is 5.82 Å². The smallest absolute Gasteiger partial charge is 0.238 e. The van der Waals surface area contributed by atoms with E-state index < -0.39 is 0 Å². The van der Waals surface area contributed by atoms with Crippen LogP contribution in [0.5, 0.6) is 0 Å². The SMILES string of the molecule is CC(=O)c1ccc(N2CCN(CC(=O)Nc3cccc(F)c3)CC2)cc1. The van der Waals surface area contributed by atoms with Crippen LogP contribution in [-0.4, -0.2) is 49.3 Å². The Kier molecular flexibility index (Phi) is 5.63. The molecule has 1 heterocycles. The summed E-state index contributed by atoms with van der Waals surface area (Å²) in [4.78, 5) is 27.8. The van der Waals surface area contributed by atoms with Gasteiger partial charge in [0.1, 0.15) is 5.82 Å². The maximum atomic E-state index is 13.2. The summed E-state index contributed by atoms with van der Waals surface area (Å²) in [6.45, 7) is 5.01. The monoisotopic (exact) mass is 355 g/mol. The van der Waals surface area contributed by atoms with Crippen LogP contribution in [0.4, 0.5) is 15.8 Å². The molecule has 1 fully saturated rings. The molecule has 2 aromatic rings. The molecule has 0 aromatic heterocycles. The molecule has 1 aliphatic heterocycles. The first kappa shape index (κ1) is 18.1. The van der Waals surface area contributed by atoms with E-state index in [0.29, 0.717) is 11.3 Å². The maximum absolute atomic E-state index is 13.2. The lowest BCUT2D eigenvalue weighted by atomic mass is 10.1. The van der Waals surface area contributed by atoms with Crippen LogP contribution in [0.1, 0.15) is 17.3 Å². The largest absolute Gasteiger partial charge is 0.369 e. The molecule has 6 heteroatoms. The van der Waals surface area contributed by atoms with Crippen molar-refractivity contribution < 1.29 is 14.0 Å². The van der Waals surface area contributed by atoms with Crippen molar-refractivity contribution in [3.63, 3.8) is 0 Å². The van der Waals surface area contributed by atoms with Gasteiger partial charge in [-0.1, -0.05) is 6.07 Å². The third-order valence-electron chi connectivity index (χ3n) is 4.49. The van der Waals surface area contributed by atoms with Crippen molar-refractivity contribution in [2.75, 3.05) is 42.9 Å². The van der Waals surface area contributed by atoms with Crippen molar-refractivity contribution >= 4 is 23.1 Å². The second-order valence-corrected chi connectivity index (χ2v) is 6.42. The first-order valence-electron chi connectivity index (χ1n) is 8.65. The van der Waals surface area contributed by atoms with E-state index in [9.17, 15) is 14.0 Å². The minimum absolute atomic E-state index is 0.0608. The van der Waals surface area contributed by atoms with Gasteiger partial charge >= 0.3 is 0 Å². The fourth-order valence-electron chi connectivity index (χ4n) is 3.04. The molecule has 0 spiro atoms. The molecular formula is C20H22FN3O2. The number of carbonyl (C=O) groups excluding carboxylic acids is 2. The molecule has 1 N–H and O–H groups in total. The van der Waals surface area contributed by atoms with Crippen LogP contribution < -0.4 is 10.2 Å². The molecular weight excluding hydrogens is 333 g/mol. The van der Waals surface area contributed by atoms with Crippen LogP contribution in [0.3, 0.4) is 0 Å². The Bertz CT molecular complexity index is 784. The number of hydrogen-bond donors (Lipinski definition) is 1. The summed E-state index contributed by atoms with van der Waals surface area (Å²) in [6.07, 6.45) is 0. The third kappa shape index (κ3) is 4.67. The number of ketones is 1. The fraction of sp³-hybridized carbons (Fsp3) is 0.300. The Labute approximate surface area is 152 Å². The number of piperazine rings is 1. The summed E-state index contributed by atoms with van der Waals surface area (Å²) in [7, 11) is 0. The van der Waals surface area contributed by atoms with E-state index >= 15 is 0 Å². The zero-order valence-corrected chi connectivity index (χ0v) is 14.7. The average molecular weight is 355 g/mol. The predicted octanol–water partition coefficient (Wildman–Crippen LogP) is 2.79. The zero-order chi connectivity index (χ0) is 18.5. The van der Waals surface area contributed by atoms with Gasteiger partial charge in [-0.25, -0.2) is 4.39 Å². The number of anilines is 2. The van der Waals surface area contributed by atoms with Crippen LogP contribution in [0.15, 0.2) is 48.5 Å². The van der Waals surface area contributed by atoms with E-state index in [1.54, 1.807) is 19.1 Å². The first-order valence-corrected chi connectivity index (χ1v) is 8.65. The minimum Gasteiger partial charge on any atom is -0.369 e. The van der Waals surface area contributed by atoms with E-state index in [-0.39, 0.29) is 24.1 Å². The van der Waals surface area contributed by atoms with Gasteiger partial charge in [0.05, 0.1) is 6.54 Å². The van der Waals surface area contributed by atoms with Gasteiger partial charge in [-0.05, 0) is 49.4 Å². The van der Waals surface area contributed by atoms with Gasteiger partial charge in [0.25, 0.3) is 0 Å². The summed E-state index contributed by atoms with van der Waals surface area (Å²) in [6, 6.07) is 13.5. The number of halogens is 1. The predicted molar refractivity (Wildman–Crippen MR) is 100 cm³/mol. The van der Waals surface area contributed by atoms with Crippen LogP contribution >= 0.6 is 0 Å². The number of nitrogens with zero attached hydrogens (tertiary/aromatic N) is 2. The maximum Gasteiger partial charge on any atom is 0.238 e. The highest BCUT2D eigenvalue weighted by Gasteiger charge is 2.19. The van der Waals surface area contributed by atoms with E-state index in [4.69, 9.17) is 0 Å². The third-order valence-corrected chi connectivity index (χ3v) is 4.49. The van der Waals surface area contributed by atoms with Crippen molar-refractivity contribution in [2.45, 2.75) is 6.92 Å². The molecule has 0 unspecified atom stereocenters. The second-order valence-electron chi connectivity index (χ2n) is 6.42. The molecule has 136 valence electrons. The molecule has 0 saturated carbocycles. The Morgan fingerprint density at radius 1 is 1.04 bits per heavy atom. The standard InChI is InChI=1S/C20H22FN3O2/c1-15(25)16-5-7-19(8-6-16)24-11-9-23(10-12-24)14-20(26)22-18-4-2-3-17(21)13-18/h2-8,13H,9-12,14H2,1H3,(H,22,26). The quantitative estimate of drug-likeness (QED) is 0.838. The van der Waals surface area contributed by atoms with E-state index in [1.165, 1.54) is 12.1 Å². The normalized spacial score (nSPS) is 14.9. The minimum atomic E-state index is -0.368. The molecule has 0 bridgehead atoms. The number of Topliss-reactive ketones (excluding diaryl/α,β-unsaturated/α-hetero) is 1. The van der Waals surface area contributed by atoms with Crippen LogP contribution in [-0.2, 0) is 4.79 Å². The highest BCUT2D eigenvalue weighted by molar-refractivity contribution is 5.94. The zero-order valence-electron chi connectivity index (χ0n) is 14.7. The van der Waals surface area contributed by atoms with Gasteiger partial charge in [-0.15, -0.1) is 0 Å².